The minimum absolute atomic E-state index is 0.0810. The highest BCUT2D eigenvalue weighted by atomic mass is 16.6. The van der Waals surface area contributed by atoms with Crippen molar-refractivity contribution >= 4 is 34.5 Å². The first kappa shape index (κ1) is 41.8. The second-order valence-corrected chi connectivity index (χ2v) is 12.4. The van der Waals surface area contributed by atoms with Crippen LogP contribution in [0.2, 0.25) is 0 Å². The molecule has 1 atom stereocenters. The van der Waals surface area contributed by atoms with Crippen molar-refractivity contribution in [2.24, 2.45) is 7.05 Å². The number of nitrogens with one attached hydrogen (secondary N) is 2. The molecule has 0 saturated carbocycles. The number of rotatable bonds is 24. The Morgan fingerprint density at radius 3 is 2.18 bits per heavy atom. The third-order valence-electron chi connectivity index (χ3n) is 8.20. The van der Waals surface area contributed by atoms with Gasteiger partial charge in [-0.05, 0) is 42.8 Å². The second-order valence-electron chi connectivity index (χ2n) is 12.4. The van der Waals surface area contributed by atoms with E-state index in [0.717, 1.165) is 0 Å². The molecule has 0 bridgehead atoms. The van der Waals surface area contributed by atoms with Crippen LogP contribution in [0.1, 0.15) is 23.3 Å². The fourth-order valence-electron chi connectivity index (χ4n) is 5.23. The van der Waals surface area contributed by atoms with Gasteiger partial charge in [0.15, 0.2) is 5.58 Å². The molecule has 3 amide bonds. The molecule has 1 aromatic carbocycles. The summed E-state index contributed by atoms with van der Waals surface area (Å²) in [7, 11) is 1.54. The number of aryl methyl sites for hydroxylation is 1. The topological polar surface area (TPSA) is 228 Å². The van der Waals surface area contributed by atoms with E-state index in [2.05, 4.69) is 25.7 Å². The predicted octanol–water partition coefficient (Wildman–Crippen LogP) is 0.797. The average molecular weight is 782 g/mol. The maximum Gasteiger partial charge on any atom is 0.274 e. The van der Waals surface area contributed by atoms with Gasteiger partial charge in [-0.3, -0.25) is 19.2 Å². The Morgan fingerprint density at radius 1 is 0.875 bits per heavy atom. The highest BCUT2D eigenvalue weighted by Gasteiger charge is 2.24. The number of pyridine rings is 1. The monoisotopic (exact) mass is 781 g/mol. The van der Waals surface area contributed by atoms with Crippen LogP contribution in [-0.4, -0.2) is 146 Å². The van der Waals surface area contributed by atoms with Crippen LogP contribution < -0.4 is 20.9 Å². The number of ether oxygens (including phenoxy) is 6. The van der Waals surface area contributed by atoms with Crippen LogP contribution in [0, 0.1) is 0 Å². The van der Waals surface area contributed by atoms with Crippen LogP contribution in [0.5, 0.6) is 5.75 Å². The van der Waals surface area contributed by atoms with Crippen molar-refractivity contribution in [3.05, 3.63) is 64.7 Å². The first-order valence-electron chi connectivity index (χ1n) is 18.2. The summed E-state index contributed by atoms with van der Waals surface area (Å²) < 4.78 is 39.9. The van der Waals surface area contributed by atoms with E-state index >= 15 is 0 Å². The molecule has 3 aromatic heterocycles. The maximum atomic E-state index is 12.8. The SMILES string of the molecule is Cn1nc(-c2nc3cc(NC(=O)c4ccc(OCCOCCOCCOCCOCCOCCC(=O)NCC(=O)N5CC[C@@H](O)C5)cn4)ccc3o2)ccc1=O. The molecule has 5 rings (SSSR count). The Balaban J connectivity index is 0.813. The van der Waals surface area contributed by atoms with Gasteiger partial charge in [0.2, 0.25) is 17.7 Å². The number of fused-ring (bicyclic) bond motifs is 1. The number of amides is 3. The van der Waals surface area contributed by atoms with E-state index in [-0.39, 0.29) is 48.5 Å². The van der Waals surface area contributed by atoms with Crippen molar-refractivity contribution in [3.63, 3.8) is 0 Å². The molecule has 1 aliphatic rings. The normalized spacial score (nSPS) is 14.0. The third-order valence-corrected chi connectivity index (χ3v) is 8.20. The summed E-state index contributed by atoms with van der Waals surface area (Å²) in [5, 5.41) is 19.0. The molecule has 0 aliphatic carbocycles. The van der Waals surface area contributed by atoms with Crippen LogP contribution in [-0.2, 0) is 40.3 Å². The standard InChI is InChI=1S/C37H47N7O12/c1-43-34(47)7-5-30(42-43)37-41-31-22-26(2-6-32(31)56-37)40-36(49)29-4-3-28(23-38-29)55-21-20-54-19-18-53-17-16-52-15-14-51-13-12-50-11-9-33(46)39-24-35(48)44-10-8-27(45)25-44/h2-7,22-23,27,45H,8-21,24-25H2,1H3,(H,39,46)(H,40,49)/t27-/m1/s1. The molecular weight excluding hydrogens is 734 g/mol. The predicted molar refractivity (Wildman–Crippen MR) is 199 cm³/mol. The molecule has 302 valence electrons. The fourth-order valence-corrected chi connectivity index (χ4v) is 5.23. The number of carbonyl (C=O) groups is 3. The van der Waals surface area contributed by atoms with Crippen molar-refractivity contribution in [3.8, 4) is 17.3 Å². The van der Waals surface area contributed by atoms with Gasteiger partial charge < -0.3 is 53.5 Å². The molecule has 4 heterocycles. The van der Waals surface area contributed by atoms with E-state index in [1.54, 1.807) is 42.3 Å². The minimum Gasteiger partial charge on any atom is -0.490 e. The lowest BCUT2D eigenvalue weighted by Crippen LogP contribution is -2.39. The molecule has 19 heteroatoms. The van der Waals surface area contributed by atoms with E-state index in [1.807, 2.05) is 0 Å². The summed E-state index contributed by atoms with van der Waals surface area (Å²) in [6.07, 6.45) is 1.69. The molecule has 0 spiro atoms. The number of benzene rings is 1. The van der Waals surface area contributed by atoms with Gasteiger partial charge in [0, 0.05) is 38.3 Å². The van der Waals surface area contributed by atoms with Crippen LogP contribution in [0.15, 0.2) is 57.9 Å². The molecule has 0 unspecified atom stereocenters. The van der Waals surface area contributed by atoms with Crippen molar-refractivity contribution in [2.75, 3.05) is 97.6 Å². The number of β-amino-alcohol motifs (C(OH)–C–C–N with tert-alkyl or cyclic N) is 1. The Morgan fingerprint density at radius 2 is 1.55 bits per heavy atom. The molecule has 1 fully saturated rings. The quantitative estimate of drug-likeness (QED) is 0.0836. The molecule has 3 N–H and O–H groups in total. The number of nitrogens with zero attached hydrogens (tertiary/aromatic N) is 5. The van der Waals surface area contributed by atoms with Crippen LogP contribution >= 0.6 is 0 Å². The first-order valence-corrected chi connectivity index (χ1v) is 18.2. The molecule has 4 aromatic rings. The fraction of sp³-hybridized carbons (Fsp3) is 0.486. The Bertz CT molecular complexity index is 1920. The summed E-state index contributed by atoms with van der Waals surface area (Å²) in [4.78, 5) is 58.4. The molecule has 1 aliphatic heterocycles. The van der Waals surface area contributed by atoms with Gasteiger partial charge in [0.05, 0.1) is 84.9 Å². The lowest BCUT2D eigenvalue weighted by molar-refractivity contribution is -0.132. The van der Waals surface area contributed by atoms with Crippen molar-refractivity contribution in [2.45, 2.75) is 18.9 Å². The molecular formula is C37H47N7O12. The van der Waals surface area contributed by atoms with E-state index in [4.69, 9.17) is 32.8 Å². The number of carbonyl (C=O) groups excluding carboxylic acids is 3. The number of aliphatic hydroxyl groups excluding tert-OH is 1. The summed E-state index contributed by atoms with van der Waals surface area (Å²) >= 11 is 0. The number of hydrogen-bond acceptors (Lipinski definition) is 15. The van der Waals surface area contributed by atoms with Gasteiger partial charge >= 0.3 is 0 Å². The molecule has 19 nitrogen and oxygen atoms in total. The van der Waals surface area contributed by atoms with E-state index < -0.39 is 12.0 Å². The zero-order valence-corrected chi connectivity index (χ0v) is 31.2. The third kappa shape index (κ3) is 13.8. The van der Waals surface area contributed by atoms with Crippen LogP contribution in [0.4, 0.5) is 5.69 Å². The number of hydrogen-bond donors (Lipinski definition) is 3. The largest absolute Gasteiger partial charge is 0.490 e. The molecule has 56 heavy (non-hydrogen) atoms. The number of oxazole rings is 1. The van der Waals surface area contributed by atoms with Gasteiger partial charge in [-0.15, -0.1) is 0 Å². The Labute approximate surface area is 322 Å². The van der Waals surface area contributed by atoms with E-state index in [9.17, 15) is 24.3 Å². The van der Waals surface area contributed by atoms with Gasteiger partial charge in [-0.25, -0.2) is 14.6 Å². The number of anilines is 1. The summed E-state index contributed by atoms with van der Waals surface area (Å²) in [5.74, 6) is -0.137. The molecule has 0 radical (unpaired) electrons. The van der Waals surface area contributed by atoms with Gasteiger partial charge in [0.25, 0.3) is 11.5 Å². The number of likely N-dealkylation sites (tertiary alicyclic amines) is 1. The van der Waals surface area contributed by atoms with Crippen LogP contribution in [0.3, 0.4) is 0 Å². The average Bonchev–Trinajstić information content (AvgIpc) is 3.84. The zero-order chi connectivity index (χ0) is 39.5. The van der Waals surface area contributed by atoms with Gasteiger partial charge in [-0.1, -0.05) is 0 Å². The summed E-state index contributed by atoms with van der Waals surface area (Å²) in [6.45, 7) is 4.71. The van der Waals surface area contributed by atoms with Crippen molar-refractivity contribution < 1.29 is 52.3 Å². The lowest BCUT2D eigenvalue weighted by Gasteiger charge is -2.15. The summed E-state index contributed by atoms with van der Waals surface area (Å²) in [5.41, 5.74) is 1.88. The zero-order valence-electron chi connectivity index (χ0n) is 31.2. The van der Waals surface area contributed by atoms with E-state index in [0.29, 0.717) is 114 Å². The van der Waals surface area contributed by atoms with Crippen LogP contribution in [0.25, 0.3) is 22.7 Å². The van der Waals surface area contributed by atoms with Gasteiger partial charge in [-0.2, -0.15) is 5.10 Å². The highest BCUT2D eigenvalue weighted by molar-refractivity contribution is 6.03. The Hall–Kier alpha value is -5.31. The molecule has 1 saturated heterocycles. The van der Waals surface area contributed by atoms with Crippen molar-refractivity contribution in [1.82, 2.24) is 30.0 Å². The van der Waals surface area contributed by atoms with Crippen molar-refractivity contribution in [1.29, 1.82) is 0 Å². The lowest BCUT2D eigenvalue weighted by atomic mass is 10.2. The number of aliphatic hydroxyl groups is 1. The summed E-state index contributed by atoms with van der Waals surface area (Å²) in [6, 6.07) is 11.2. The second kappa shape index (κ2) is 22.3. The first-order chi connectivity index (χ1) is 27.2. The maximum absolute atomic E-state index is 12.8. The van der Waals surface area contributed by atoms with E-state index in [1.165, 1.54) is 23.0 Å². The highest BCUT2D eigenvalue weighted by Crippen LogP contribution is 2.25. The smallest absolute Gasteiger partial charge is 0.274 e. The number of aromatic nitrogens is 4. The Kier molecular flexibility index (Phi) is 16.7. The minimum atomic E-state index is -0.485. The van der Waals surface area contributed by atoms with Gasteiger partial charge in [0.1, 0.15) is 29.3 Å².